The van der Waals surface area contributed by atoms with Gasteiger partial charge >= 0.3 is 19.8 Å². The van der Waals surface area contributed by atoms with Crippen molar-refractivity contribution in [3.63, 3.8) is 0 Å². The van der Waals surface area contributed by atoms with Crippen molar-refractivity contribution in [2.75, 3.05) is 26.4 Å². The van der Waals surface area contributed by atoms with Crippen LogP contribution in [-0.2, 0) is 32.7 Å². The van der Waals surface area contributed by atoms with Gasteiger partial charge in [-0.25, -0.2) is 4.57 Å². The van der Waals surface area contributed by atoms with Gasteiger partial charge in [-0.3, -0.25) is 18.6 Å². The van der Waals surface area contributed by atoms with Crippen molar-refractivity contribution >= 4 is 19.8 Å². The van der Waals surface area contributed by atoms with Gasteiger partial charge in [-0.05, 0) is 122 Å². The monoisotopic (exact) mass is 1030 g/mol. The molecule has 3 N–H and O–H groups in total. The third-order valence-electron chi connectivity index (χ3n) is 10.9. The summed E-state index contributed by atoms with van der Waals surface area (Å²) in [6, 6.07) is 0. The molecule has 0 aliphatic rings. The van der Waals surface area contributed by atoms with Crippen LogP contribution in [0.1, 0.15) is 194 Å². The van der Waals surface area contributed by atoms with Crippen LogP contribution in [0, 0.1) is 0 Å². The van der Waals surface area contributed by atoms with E-state index in [2.05, 4.69) is 172 Å². The predicted molar refractivity (Wildman–Crippen MR) is 311 cm³/mol. The highest BCUT2D eigenvalue weighted by Gasteiger charge is 2.26. The van der Waals surface area contributed by atoms with Gasteiger partial charge in [0.15, 0.2) is 6.10 Å². The highest BCUT2D eigenvalue weighted by atomic mass is 31.2. The Morgan fingerprint density at radius 2 is 0.753 bits per heavy atom. The lowest BCUT2D eigenvalue weighted by Crippen LogP contribution is -2.29. The van der Waals surface area contributed by atoms with Gasteiger partial charge in [-0.2, -0.15) is 0 Å². The Hall–Kier alpha value is -4.37. The summed E-state index contributed by atoms with van der Waals surface area (Å²) in [5.74, 6) is -0.882. The number of unbranched alkanes of at least 4 members (excludes halogenated alkanes) is 11. The first kappa shape index (κ1) is 68.6. The number of ether oxygens (including phenoxy) is 2. The lowest BCUT2D eigenvalue weighted by atomic mass is 10.1. The van der Waals surface area contributed by atoms with Gasteiger partial charge in [0, 0.05) is 19.4 Å². The molecule has 0 aliphatic carbocycles. The van der Waals surface area contributed by atoms with E-state index >= 15 is 0 Å². The van der Waals surface area contributed by atoms with E-state index in [1.807, 2.05) is 0 Å². The molecule has 410 valence electrons. The molecular formula is C63H100NO8P. The van der Waals surface area contributed by atoms with Gasteiger partial charge < -0.3 is 20.1 Å². The zero-order chi connectivity index (χ0) is 53.1. The Labute approximate surface area is 445 Å². The van der Waals surface area contributed by atoms with Crippen molar-refractivity contribution in [1.82, 2.24) is 0 Å². The van der Waals surface area contributed by atoms with Crippen molar-refractivity contribution in [2.45, 2.75) is 200 Å². The Morgan fingerprint density at radius 1 is 0.425 bits per heavy atom. The standard InChI is InChI=1S/C63H100NO8P/c1-3-5-7-9-11-13-15-17-18-19-20-21-22-23-24-25-26-27-28-29-30-31-32-33-34-35-36-37-38-39-40-41-42-44-46-48-50-52-54-56-63(66)72-61(60-71-73(67,68)70-58-57-64)59-69-62(65)55-53-51-49-47-45-43-16-14-12-10-8-6-4-2/h5,7-8,10-11,13-14,16-18,20-21,23-24,26-27,29-30,32-33,35-36,38-39,41-42,61H,3-4,6,9,12,15,19,22,25,28,31,34,37,40,43-60,64H2,1-2H3,(H,67,68)/b7-5-,10-8-,13-11-,16-14-,18-17-,21-20-,24-23-,27-26-,30-29-,33-32-,36-35-,39-38-,42-41-. The zero-order valence-corrected chi connectivity index (χ0v) is 46.4. The van der Waals surface area contributed by atoms with Crippen LogP contribution >= 0.6 is 7.82 Å². The second-order valence-corrected chi connectivity index (χ2v) is 19.2. The first-order chi connectivity index (χ1) is 35.8. The molecule has 9 nitrogen and oxygen atoms in total. The van der Waals surface area contributed by atoms with E-state index < -0.39 is 32.5 Å². The van der Waals surface area contributed by atoms with Crippen LogP contribution < -0.4 is 5.73 Å². The molecule has 0 rings (SSSR count). The SMILES string of the molecule is CC/C=C\C/C=C\C/C=C\C/C=C\C/C=C\C/C=C\C/C=C\C/C=C\C/C=C\C/C=C\C/C=C\CCCCCCCC(=O)OC(COC(=O)CCCCCCC/C=C\C/C=C\CCC)COP(=O)(O)OCCN. The number of rotatable bonds is 50. The van der Waals surface area contributed by atoms with E-state index in [1.54, 1.807) is 0 Å². The summed E-state index contributed by atoms with van der Waals surface area (Å²) >= 11 is 0. The van der Waals surface area contributed by atoms with E-state index in [0.29, 0.717) is 12.8 Å². The van der Waals surface area contributed by atoms with E-state index in [0.717, 1.165) is 148 Å². The molecule has 0 aromatic rings. The van der Waals surface area contributed by atoms with Gasteiger partial charge in [-0.1, -0.05) is 217 Å². The smallest absolute Gasteiger partial charge is 0.462 e. The molecule has 73 heavy (non-hydrogen) atoms. The van der Waals surface area contributed by atoms with Crippen LogP contribution in [0.5, 0.6) is 0 Å². The molecule has 0 radical (unpaired) electrons. The maximum absolute atomic E-state index is 12.7. The van der Waals surface area contributed by atoms with Crippen LogP contribution in [-0.4, -0.2) is 49.3 Å². The molecule has 0 amide bonds. The summed E-state index contributed by atoms with van der Waals surface area (Å²) < 4.78 is 32.9. The molecule has 0 saturated heterocycles. The second-order valence-electron chi connectivity index (χ2n) is 17.7. The molecule has 10 heteroatoms. The number of hydrogen-bond acceptors (Lipinski definition) is 8. The third kappa shape index (κ3) is 56.8. The third-order valence-corrected chi connectivity index (χ3v) is 11.9. The molecule has 2 unspecified atom stereocenters. The van der Waals surface area contributed by atoms with Gasteiger partial charge in [0.25, 0.3) is 0 Å². The molecule has 0 spiro atoms. The summed E-state index contributed by atoms with van der Waals surface area (Å²) in [5.41, 5.74) is 5.36. The van der Waals surface area contributed by atoms with Crippen LogP contribution in [0.3, 0.4) is 0 Å². The fourth-order valence-electron chi connectivity index (χ4n) is 6.79. The quantitative estimate of drug-likeness (QED) is 0.0264. The zero-order valence-electron chi connectivity index (χ0n) is 45.5. The average Bonchev–Trinajstić information content (AvgIpc) is 3.38. The van der Waals surface area contributed by atoms with Crippen molar-refractivity contribution in [3.05, 3.63) is 158 Å². The number of esters is 2. The number of carbonyl (C=O) groups excluding carboxylic acids is 2. The molecule has 2 atom stereocenters. The second kappa shape index (κ2) is 56.9. The van der Waals surface area contributed by atoms with Crippen LogP contribution in [0.4, 0.5) is 0 Å². The molecular weight excluding hydrogens is 930 g/mol. The highest BCUT2D eigenvalue weighted by molar-refractivity contribution is 7.47. The maximum atomic E-state index is 12.7. The number of nitrogens with two attached hydrogens (primary N) is 1. The molecule has 0 saturated carbocycles. The first-order valence-corrected chi connectivity index (χ1v) is 29.5. The predicted octanol–water partition coefficient (Wildman–Crippen LogP) is 17.7. The lowest BCUT2D eigenvalue weighted by Gasteiger charge is -2.19. The van der Waals surface area contributed by atoms with Crippen LogP contribution in [0.15, 0.2) is 158 Å². The van der Waals surface area contributed by atoms with E-state index in [4.69, 9.17) is 24.3 Å². The molecule has 0 heterocycles. The number of hydrogen-bond donors (Lipinski definition) is 2. The summed E-state index contributed by atoms with van der Waals surface area (Å²) in [7, 11) is -4.40. The van der Waals surface area contributed by atoms with E-state index in [9.17, 15) is 19.0 Å². The van der Waals surface area contributed by atoms with Gasteiger partial charge in [-0.15, -0.1) is 0 Å². The van der Waals surface area contributed by atoms with Crippen molar-refractivity contribution in [2.24, 2.45) is 5.73 Å². The summed E-state index contributed by atoms with van der Waals surface area (Å²) in [6.45, 7) is 3.48. The summed E-state index contributed by atoms with van der Waals surface area (Å²) in [4.78, 5) is 35.0. The van der Waals surface area contributed by atoms with Gasteiger partial charge in [0.05, 0.1) is 13.2 Å². The Bertz CT molecular complexity index is 1740. The Kier molecular flexibility index (Phi) is 53.5. The number of carbonyl (C=O) groups is 2. The van der Waals surface area contributed by atoms with E-state index in [-0.39, 0.29) is 32.6 Å². The molecule has 0 aliphatic heterocycles. The minimum Gasteiger partial charge on any atom is -0.462 e. The molecule has 0 fully saturated rings. The summed E-state index contributed by atoms with van der Waals surface area (Å²) in [5, 5.41) is 0. The topological polar surface area (TPSA) is 134 Å². The van der Waals surface area contributed by atoms with Crippen molar-refractivity contribution in [1.29, 1.82) is 0 Å². The van der Waals surface area contributed by atoms with Gasteiger partial charge in [0.1, 0.15) is 6.61 Å². The van der Waals surface area contributed by atoms with E-state index in [1.165, 1.54) is 6.42 Å². The highest BCUT2D eigenvalue weighted by Crippen LogP contribution is 2.43. The molecule has 0 aromatic heterocycles. The Morgan fingerprint density at radius 3 is 1.12 bits per heavy atom. The minimum atomic E-state index is -4.40. The Balaban J connectivity index is 4.06. The fourth-order valence-corrected chi connectivity index (χ4v) is 7.56. The maximum Gasteiger partial charge on any atom is 0.472 e. The fraction of sp³-hybridized carbons (Fsp3) is 0.556. The largest absolute Gasteiger partial charge is 0.472 e. The normalized spacial score (nSPS) is 14.3. The van der Waals surface area contributed by atoms with Crippen LogP contribution in [0.2, 0.25) is 0 Å². The van der Waals surface area contributed by atoms with Crippen molar-refractivity contribution < 1.29 is 37.6 Å². The summed E-state index contributed by atoms with van der Waals surface area (Å²) in [6.07, 6.45) is 83.0. The molecule has 0 aromatic carbocycles. The number of phosphoric acid groups is 1. The number of phosphoric ester groups is 1. The molecule has 0 bridgehead atoms. The average molecular weight is 1030 g/mol. The van der Waals surface area contributed by atoms with Crippen molar-refractivity contribution in [3.8, 4) is 0 Å². The number of allylic oxidation sites excluding steroid dienone is 26. The van der Waals surface area contributed by atoms with Crippen LogP contribution in [0.25, 0.3) is 0 Å². The minimum absolute atomic E-state index is 0.0394. The first-order valence-electron chi connectivity index (χ1n) is 28.0. The van der Waals surface area contributed by atoms with Gasteiger partial charge in [0.2, 0.25) is 0 Å². The lowest BCUT2D eigenvalue weighted by molar-refractivity contribution is -0.161.